The molecule has 0 atom stereocenters. The number of aromatic nitrogens is 3. The fraction of sp³-hybridized carbons (Fsp3) is 0.130. The lowest BCUT2D eigenvalue weighted by molar-refractivity contribution is -0.614. The molecule has 0 fully saturated rings. The molecule has 0 aliphatic carbocycles. The Kier molecular flexibility index (Phi) is 4.39. The van der Waals surface area contributed by atoms with E-state index in [1.165, 1.54) is 11.1 Å². The number of imide groups is 1. The molecule has 1 aliphatic heterocycles. The molecule has 154 valence electrons. The molecule has 2 aromatic carbocycles. The van der Waals surface area contributed by atoms with Crippen molar-refractivity contribution in [1.82, 2.24) is 14.5 Å². The highest BCUT2D eigenvalue weighted by Crippen LogP contribution is 2.27. The quantitative estimate of drug-likeness (QED) is 0.284. The van der Waals surface area contributed by atoms with E-state index in [-0.39, 0.29) is 24.9 Å². The Hall–Kier alpha value is -4.20. The zero-order chi connectivity index (χ0) is 21.5. The number of nitrogens with zero attached hydrogens (tertiary/aromatic N) is 4. The van der Waals surface area contributed by atoms with E-state index in [0.717, 1.165) is 10.2 Å². The zero-order valence-corrected chi connectivity index (χ0v) is 16.7. The van der Waals surface area contributed by atoms with Gasteiger partial charge in [-0.1, -0.05) is 12.1 Å². The van der Waals surface area contributed by atoms with Crippen molar-refractivity contribution in [3.05, 3.63) is 94.7 Å². The molecule has 4 aromatic rings. The molecule has 2 aromatic heterocycles. The van der Waals surface area contributed by atoms with Gasteiger partial charge in [0.15, 0.2) is 6.20 Å². The second-order valence-corrected chi connectivity index (χ2v) is 7.23. The van der Waals surface area contributed by atoms with Crippen LogP contribution in [0.15, 0.2) is 66.9 Å². The highest BCUT2D eigenvalue weighted by Gasteiger charge is 2.36. The molecule has 0 spiro atoms. The molecule has 0 bridgehead atoms. The number of carbonyl (C=O) groups excluding carboxylic acids is 2. The number of carbonyl (C=O) groups is 2. The fourth-order valence-electron chi connectivity index (χ4n) is 3.85. The Morgan fingerprint density at radius 3 is 2.35 bits per heavy atom. The molecule has 5 rings (SSSR count). The van der Waals surface area contributed by atoms with Crippen molar-refractivity contribution in [3.8, 4) is 5.75 Å². The maximum atomic E-state index is 12.8. The SMILES string of the molecule is COc1ccc2nc(CN3C(=O)c4ccccc4C3=O)n(Cc3cccc[n+]3[O-])c2c1. The van der Waals surface area contributed by atoms with Crippen LogP contribution in [-0.2, 0) is 13.1 Å². The van der Waals surface area contributed by atoms with Gasteiger partial charge in [0.1, 0.15) is 18.1 Å². The molecule has 0 N–H and O–H groups in total. The smallest absolute Gasteiger partial charge is 0.261 e. The molecule has 8 heteroatoms. The maximum absolute atomic E-state index is 12.8. The van der Waals surface area contributed by atoms with Gasteiger partial charge in [-0.2, -0.15) is 4.73 Å². The van der Waals surface area contributed by atoms with Gasteiger partial charge >= 0.3 is 0 Å². The number of pyridine rings is 1. The van der Waals surface area contributed by atoms with Gasteiger partial charge in [0.2, 0.25) is 5.69 Å². The Morgan fingerprint density at radius 1 is 0.968 bits per heavy atom. The number of ether oxygens (including phenoxy) is 1. The molecule has 3 heterocycles. The second-order valence-electron chi connectivity index (χ2n) is 7.23. The third-order valence-corrected chi connectivity index (χ3v) is 5.44. The van der Waals surface area contributed by atoms with Crippen molar-refractivity contribution in [2.75, 3.05) is 7.11 Å². The predicted octanol–water partition coefficient (Wildman–Crippen LogP) is 2.52. The van der Waals surface area contributed by atoms with Crippen molar-refractivity contribution in [3.63, 3.8) is 0 Å². The van der Waals surface area contributed by atoms with Crippen LogP contribution in [0.1, 0.15) is 32.2 Å². The third-order valence-electron chi connectivity index (χ3n) is 5.44. The van der Waals surface area contributed by atoms with Crippen molar-refractivity contribution < 1.29 is 19.1 Å². The number of hydrogen-bond acceptors (Lipinski definition) is 5. The number of hydrogen-bond donors (Lipinski definition) is 0. The van der Waals surface area contributed by atoms with Gasteiger partial charge in [0, 0.05) is 18.2 Å². The molecule has 8 nitrogen and oxygen atoms in total. The average Bonchev–Trinajstić information content (AvgIpc) is 3.25. The summed E-state index contributed by atoms with van der Waals surface area (Å²) >= 11 is 0. The zero-order valence-electron chi connectivity index (χ0n) is 16.7. The van der Waals surface area contributed by atoms with Crippen LogP contribution in [0, 0.1) is 5.21 Å². The number of imidazole rings is 1. The summed E-state index contributed by atoms with van der Waals surface area (Å²) in [6, 6.07) is 17.4. The van der Waals surface area contributed by atoms with Gasteiger partial charge in [-0.25, -0.2) is 4.98 Å². The first kappa shape index (κ1) is 18.8. The van der Waals surface area contributed by atoms with Crippen LogP contribution in [0.2, 0.25) is 0 Å². The van der Waals surface area contributed by atoms with Gasteiger partial charge in [-0.05, 0) is 30.3 Å². The lowest BCUT2D eigenvalue weighted by Gasteiger charge is -2.15. The standard InChI is InChI=1S/C23H18N4O4/c1-31-16-9-10-19-20(12-16)25(13-15-6-4-5-11-27(15)30)21(24-19)14-26-22(28)17-7-2-3-8-18(17)23(26)29/h2-12H,13-14H2,1H3. The number of methoxy groups -OCH3 is 1. The van der Waals surface area contributed by atoms with Crippen LogP contribution in [0.4, 0.5) is 0 Å². The number of amides is 2. The van der Waals surface area contributed by atoms with Crippen molar-refractivity contribution in [2.24, 2.45) is 0 Å². The normalized spacial score (nSPS) is 13.1. The lowest BCUT2D eigenvalue weighted by atomic mass is 10.1. The van der Waals surface area contributed by atoms with E-state index >= 15 is 0 Å². The van der Waals surface area contributed by atoms with Crippen LogP contribution >= 0.6 is 0 Å². The van der Waals surface area contributed by atoms with E-state index in [1.807, 2.05) is 16.7 Å². The van der Waals surface area contributed by atoms with Crippen LogP contribution in [0.25, 0.3) is 11.0 Å². The summed E-state index contributed by atoms with van der Waals surface area (Å²) in [4.78, 5) is 31.5. The Morgan fingerprint density at radius 2 is 1.68 bits per heavy atom. The third kappa shape index (κ3) is 3.09. The molecule has 0 radical (unpaired) electrons. The molecule has 31 heavy (non-hydrogen) atoms. The van der Waals surface area contributed by atoms with Gasteiger partial charge in [-0.15, -0.1) is 0 Å². The molecule has 1 aliphatic rings. The van der Waals surface area contributed by atoms with E-state index in [2.05, 4.69) is 4.98 Å². The van der Waals surface area contributed by atoms with Gasteiger partial charge in [0.05, 0.1) is 35.8 Å². The highest BCUT2D eigenvalue weighted by atomic mass is 16.5. The Labute approximate surface area is 177 Å². The summed E-state index contributed by atoms with van der Waals surface area (Å²) < 4.78 is 7.97. The van der Waals surface area contributed by atoms with Crippen LogP contribution < -0.4 is 9.47 Å². The fourth-order valence-corrected chi connectivity index (χ4v) is 3.85. The number of fused-ring (bicyclic) bond motifs is 2. The first-order chi connectivity index (χ1) is 15.1. The second kappa shape index (κ2) is 7.24. The molecular weight excluding hydrogens is 396 g/mol. The van der Waals surface area contributed by atoms with E-state index in [0.29, 0.717) is 33.9 Å². The average molecular weight is 414 g/mol. The molecule has 0 saturated heterocycles. The first-order valence-corrected chi connectivity index (χ1v) is 9.72. The molecular formula is C23H18N4O4. The highest BCUT2D eigenvalue weighted by molar-refractivity contribution is 6.21. The monoisotopic (exact) mass is 414 g/mol. The Balaban J connectivity index is 1.59. The van der Waals surface area contributed by atoms with Crippen LogP contribution in [0.5, 0.6) is 5.75 Å². The van der Waals surface area contributed by atoms with Crippen molar-refractivity contribution in [2.45, 2.75) is 13.1 Å². The first-order valence-electron chi connectivity index (χ1n) is 9.72. The van der Waals surface area contributed by atoms with Crippen LogP contribution in [-0.4, -0.2) is 33.4 Å². The summed E-state index contributed by atoms with van der Waals surface area (Å²) in [6.07, 6.45) is 1.43. The molecule has 0 unspecified atom stereocenters. The van der Waals surface area contributed by atoms with Crippen molar-refractivity contribution in [1.29, 1.82) is 0 Å². The van der Waals surface area contributed by atoms with Gasteiger partial charge in [-0.3, -0.25) is 14.5 Å². The van der Waals surface area contributed by atoms with E-state index in [4.69, 9.17) is 4.74 Å². The van der Waals surface area contributed by atoms with E-state index in [9.17, 15) is 14.8 Å². The summed E-state index contributed by atoms with van der Waals surface area (Å²) in [5, 5.41) is 12.3. The Bertz CT molecular complexity index is 1310. The molecule has 0 saturated carbocycles. The van der Waals surface area contributed by atoms with Crippen molar-refractivity contribution >= 4 is 22.8 Å². The summed E-state index contributed by atoms with van der Waals surface area (Å²) in [6.45, 7) is 0.224. The minimum absolute atomic E-state index is 0.00493. The minimum atomic E-state index is -0.351. The summed E-state index contributed by atoms with van der Waals surface area (Å²) in [5.74, 6) is 0.441. The number of rotatable bonds is 5. The topological polar surface area (TPSA) is 91.4 Å². The lowest BCUT2D eigenvalue weighted by Crippen LogP contribution is -2.33. The summed E-state index contributed by atoms with van der Waals surface area (Å²) in [5.41, 5.74) is 2.71. The van der Waals surface area contributed by atoms with E-state index < -0.39 is 0 Å². The van der Waals surface area contributed by atoms with Gasteiger partial charge in [0.25, 0.3) is 11.8 Å². The minimum Gasteiger partial charge on any atom is -0.618 e. The number of benzene rings is 2. The summed E-state index contributed by atoms with van der Waals surface area (Å²) in [7, 11) is 1.57. The van der Waals surface area contributed by atoms with E-state index in [1.54, 1.807) is 55.6 Å². The predicted molar refractivity (Wildman–Crippen MR) is 111 cm³/mol. The maximum Gasteiger partial charge on any atom is 0.261 e. The largest absolute Gasteiger partial charge is 0.618 e. The van der Waals surface area contributed by atoms with Gasteiger partial charge < -0.3 is 14.5 Å². The van der Waals surface area contributed by atoms with Crippen LogP contribution in [0.3, 0.4) is 0 Å². The molecule has 2 amide bonds.